The molecule has 0 bridgehead atoms. The number of benzene rings is 3. The maximum atomic E-state index is 12.6. The lowest BCUT2D eigenvalue weighted by molar-refractivity contribution is -0.142. The van der Waals surface area contributed by atoms with E-state index in [4.69, 9.17) is 4.74 Å². The van der Waals surface area contributed by atoms with Gasteiger partial charge in [-0.2, -0.15) is 0 Å². The second-order valence-electron chi connectivity index (χ2n) is 7.95. The summed E-state index contributed by atoms with van der Waals surface area (Å²) in [6.45, 7) is 1.84. The molecule has 0 aliphatic rings. The highest BCUT2D eigenvalue weighted by Gasteiger charge is 2.20. The van der Waals surface area contributed by atoms with E-state index >= 15 is 0 Å². The second kappa shape index (κ2) is 12.3. The van der Waals surface area contributed by atoms with Crippen molar-refractivity contribution in [2.45, 2.75) is 32.1 Å². The lowest BCUT2D eigenvalue weighted by atomic mass is 9.89. The predicted molar refractivity (Wildman–Crippen MR) is 128 cm³/mol. The first-order chi connectivity index (χ1) is 16.0. The van der Waals surface area contributed by atoms with Crippen LogP contribution < -0.4 is 5.32 Å². The van der Waals surface area contributed by atoms with Crippen LogP contribution in [0.2, 0.25) is 0 Å². The molecule has 1 N–H and O–H groups in total. The zero-order chi connectivity index (χ0) is 23.5. The van der Waals surface area contributed by atoms with E-state index in [0.29, 0.717) is 12.1 Å². The van der Waals surface area contributed by atoms with Gasteiger partial charge in [0.05, 0.1) is 6.42 Å². The van der Waals surface area contributed by atoms with E-state index in [1.807, 2.05) is 72.8 Å². The van der Waals surface area contributed by atoms with Crippen LogP contribution in [0.3, 0.4) is 0 Å². The molecule has 3 rings (SSSR count). The van der Waals surface area contributed by atoms with Gasteiger partial charge in [0.15, 0.2) is 12.4 Å². The van der Waals surface area contributed by atoms with Gasteiger partial charge in [0.2, 0.25) is 5.91 Å². The van der Waals surface area contributed by atoms with Gasteiger partial charge in [-0.3, -0.25) is 14.4 Å². The highest BCUT2D eigenvalue weighted by Crippen LogP contribution is 2.28. The molecule has 3 aromatic carbocycles. The Hall–Kier alpha value is -3.73. The maximum absolute atomic E-state index is 12.6. The SMILES string of the molecule is CC(=O)NCCCc1ccc(C(=O)COC(=O)CC(c2ccccc2)c2ccccc2)cc1. The van der Waals surface area contributed by atoms with E-state index in [-0.39, 0.29) is 30.6 Å². The molecule has 0 spiro atoms. The molecule has 5 nitrogen and oxygen atoms in total. The number of nitrogens with one attached hydrogen (secondary N) is 1. The second-order valence-corrected chi connectivity index (χ2v) is 7.95. The van der Waals surface area contributed by atoms with Crippen molar-refractivity contribution in [2.24, 2.45) is 0 Å². The first-order valence-corrected chi connectivity index (χ1v) is 11.1. The summed E-state index contributed by atoms with van der Waals surface area (Å²) >= 11 is 0. The van der Waals surface area contributed by atoms with E-state index in [1.54, 1.807) is 12.1 Å². The molecule has 170 valence electrons. The first-order valence-electron chi connectivity index (χ1n) is 11.1. The number of ketones is 1. The number of ether oxygens (including phenoxy) is 1. The summed E-state index contributed by atoms with van der Waals surface area (Å²) in [7, 11) is 0. The molecule has 0 atom stereocenters. The molecule has 0 aliphatic carbocycles. The van der Waals surface area contributed by atoms with E-state index in [2.05, 4.69) is 5.32 Å². The molecule has 0 fully saturated rings. The number of rotatable bonds is 11. The Labute approximate surface area is 194 Å². The van der Waals surface area contributed by atoms with Gasteiger partial charge in [0, 0.05) is 24.9 Å². The van der Waals surface area contributed by atoms with Gasteiger partial charge in [0.1, 0.15) is 0 Å². The third kappa shape index (κ3) is 7.72. The highest BCUT2D eigenvalue weighted by atomic mass is 16.5. The Kier molecular flexibility index (Phi) is 8.95. The molecule has 0 heterocycles. The fourth-order valence-electron chi connectivity index (χ4n) is 3.67. The van der Waals surface area contributed by atoms with Crippen LogP contribution in [0.5, 0.6) is 0 Å². The summed E-state index contributed by atoms with van der Waals surface area (Å²) in [4.78, 5) is 36.0. The summed E-state index contributed by atoms with van der Waals surface area (Å²) in [6.07, 6.45) is 1.80. The molecule has 1 amide bonds. The zero-order valence-corrected chi connectivity index (χ0v) is 18.8. The minimum atomic E-state index is -0.407. The van der Waals surface area contributed by atoms with E-state index in [0.717, 1.165) is 29.5 Å². The van der Waals surface area contributed by atoms with Crippen LogP contribution in [-0.4, -0.2) is 30.8 Å². The predicted octanol–water partition coefficient (Wildman–Crippen LogP) is 4.70. The molecule has 0 saturated carbocycles. The van der Waals surface area contributed by atoms with Gasteiger partial charge in [-0.25, -0.2) is 0 Å². The number of hydrogen-bond acceptors (Lipinski definition) is 4. The zero-order valence-electron chi connectivity index (χ0n) is 18.8. The van der Waals surface area contributed by atoms with Gasteiger partial charge in [-0.1, -0.05) is 84.9 Å². The van der Waals surface area contributed by atoms with E-state index < -0.39 is 5.97 Å². The van der Waals surface area contributed by atoms with Crippen molar-refractivity contribution in [2.75, 3.05) is 13.2 Å². The largest absolute Gasteiger partial charge is 0.457 e. The van der Waals surface area contributed by atoms with Crippen LogP contribution in [0.25, 0.3) is 0 Å². The van der Waals surface area contributed by atoms with Crippen molar-refractivity contribution in [1.29, 1.82) is 0 Å². The minimum Gasteiger partial charge on any atom is -0.457 e. The highest BCUT2D eigenvalue weighted by molar-refractivity contribution is 5.98. The van der Waals surface area contributed by atoms with Crippen LogP contribution in [0.4, 0.5) is 0 Å². The number of Topliss-reactive ketones (excluding diaryl/α,β-unsaturated/α-hetero) is 1. The Morgan fingerprint density at radius 1 is 0.818 bits per heavy atom. The van der Waals surface area contributed by atoms with Crippen molar-refractivity contribution in [3.8, 4) is 0 Å². The van der Waals surface area contributed by atoms with Crippen LogP contribution in [0.15, 0.2) is 84.9 Å². The number of hydrogen-bond donors (Lipinski definition) is 1. The van der Waals surface area contributed by atoms with Crippen LogP contribution >= 0.6 is 0 Å². The molecule has 3 aromatic rings. The lowest BCUT2D eigenvalue weighted by Gasteiger charge is -2.17. The standard InChI is InChI=1S/C28H29NO4/c1-21(30)29-18-8-9-22-14-16-25(17-15-22)27(31)20-33-28(32)19-26(23-10-4-2-5-11-23)24-12-6-3-7-13-24/h2-7,10-17,26H,8-9,18-20H2,1H3,(H,29,30). The van der Waals surface area contributed by atoms with Gasteiger partial charge in [-0.05, 0) is 29.5 Å². The smallest absolute Gasteiger partial charge is 0.307 e. The number of carbonyl (C=O) groups excluding carboxylic acids is 3. The van der Waals surface area contributed by atoms with Crippen molar-refractivity contribution in [1.82, 2.24) is 5.32 Å². The fraction of sp³-hybridized carbons (Fsp3) is 0.250. The number of esters is 1. The molecular formula is C28H29NO4. The number of amides is 1. The molecule has 0 aromatic heterocycles. The fourth-order valence-corrected chi connectivity index (χ4v) is 3.67. The van der Waals surface area contributed by atoms with Gasteiger partial charge in [-0.15, -0.1) is 0 Å². The molecule has 33 heavy (non-hydrogen) atoms. The normalized spacial score (nSPS) is 10.6. The average molecular weight is 444 g/mol. The first kappa shape index (κ1) is 23.9. The van der Waals surface area contributed by atoms with Crippen LogP contribution in [-0.2, 0) is 20.7 Å². The lowest BCUT2D eigenvalue weighted by Crippen LogP contribution is -2.21. The van der Waals surface area contributed by atoms with Crippen molar-refractivity contribution in [3.05, 3.63) is 107 Å². The van der Waals surface area contributed by atoms with Gasteiger partial charge in [0.25, 0.3) is 0 Å². The van der Waals surface area contributed by atoms with Gasteiger partial charge >= 0.3 is 5.97 Å². The maximum Gasteiger partial charge on any atom is 0.307 e. The summed E-state index contributed by atoms with van der Waals surface area (Å²) in [6, 6.07) is 26.9. The third-order valence-electron chi connectivity index (χ3n) is 5.43. The Balaban J connectivity index is 1.53. The summed E-state index contributed by atoms with van der Waals surface area (Å²) < 4.78 is 5.34. The number of carbonyl (C=O) groups is 3. The van der Waals surface area contributed by atoms with Crippen LogP contribution in [0, 0.1) is 0 Å². The van der Waals surface area contributed by atoms with Crippen molar-refractivity contribution in [3.63, 3.8) is 0 Å². The minimum absolute atomic E-state index is 0.0376. The van der Waals surface area contributed by atoms with E-state index in [9.17, 15) is 14.4 Å². The van der Waals surface area contributed by atoms with Gasteiger partial charge < -0.3 is 10.1 Å². The van der Waals surface area contributed by atoms with Crippen molar-refractivity contribution < 1.29 is 19.1 Å². The average Bonchev–Trinajstić information content (AvgIpc) is 2.85. The monoisotopic (exact) mass is 443 g/mol. The molecule has 0 aliphatic heterocycles. The summed E-state index contributed by atoms with van der Waals surface area (Å²) in [5.74, 6) is -0.809. The molecule has 0 radical (unpaired) electrons. The summed E-state index contributed by atoms with van der Waals surface area (Å²) in [5.41, 5.74) is 3.65. The molecule has 5 heteroatoms. The Morgan fingerprint density at radius 3 is 1.94 bits per heavy atom. The van der Waals surface area contributed by atoms with Crippen molar-refractivity contribution >= 4 is 17.7 Å². The molecular weight excluding hydrogens is 414 g/mol. The molecule has 0 saturated heterocycles. The Morgan fingerprint density at radius 2 is 1.39 bits per heavy atom. The molecule has 0 unspecified atom stereocenters. The van der Waals surface area contributed by atoms with E-state index in [1.165, 1.54) is 6.92 Å². The topological polar surface area (TPSA) is 72.5 Å². The number of aryl methyl sites for hydroxylation is 1. The Bertz CT molecular complexity index is 1010. The summed E-state index contributed by atoms with van der Waals surface area (Å²) in [5, 5.41) is 2.77. The third-order valence-corrected chi connectivity index (χ3v) is 5.43. The quantitative estimate of drug-likeness (QED) is 0.265. The van der Waals surface area contributed by atoms with Crippen LogP contribution in [0.1, 0.15) is 52.7 Å².